The normalized spacial score (nSPS) is 12.0. The Morgan fingerprint density at radius 2 is 1.82 bits per heavy atom. The summed E-state index contributed by atoms with van der Waals surface area (Å²) in [5, 5.41) is 22.3. The second-order valence-electron chi connectivity index (χ2n) is 9.80. The zero-order valence-electron chi connectivity index (χ0n) is 23.2. The van der Waals surface area contributed by atoms with Gasteiger partial charge in [0.15, 0.2) is 12.0 Å². The molecular weight excluding hydrogens is 601 g/mol. The molecule has 0 bridgehead atoms. The van der Waals surface area contributed by atoms with Crippen LogP contribution in [-0.2, 0) is 6.42 Å². The van der Waals surface area contributed by atoms with Gasteiger partial charge in [0, 0.05) is 40.5 Å². The number of benzene rings is 2. The van der Waals surface area contributed by atoms with Gasteiger partial charge < -0.3 is 15.7 Å². The summed E-state index contributed by atoms with van der Waals surface area (Å²) in [4.78, 5) is 23.8. The molecule has 14 heteroatoms. The molecule has 0 saturated carbocycles. The first kappa shape index (κ1) is 30.3. The van der Waals surface area contributed by atoms with Crippen LogP contribution in [0.15, 0.2) is 73.3 Å². The number of halogens is 4. The Labute approximate surface area is 253 Å². The van der Waals surface area contributed by atoms with Crippen LogP contribution in [0.2, 0.25) is 5.02 Å². The van der Waals surface area contributed by atoms with Gasteiger partial charge in [0.05, 0.1) is 36.2 Å². The van der Waals surface area contributed by atoms with Gasteiger partial charge in [-0.15, -0.1) is 0 Å². The summed E-state index contributed by atoms with van der Waals surface area (Å²) in [7, 11) is 1.39. The Morgan fingerprint density at radius 1 is 1.07 bits per heavy atom. The number of rotatable bonds is 10. The molecule has 3 aromatic heterocycles. The highest BCUT2D eigenvalue weighted by molar-refractivity contribution is 6.31. The number of amides is 1. The van der Waals surface area contributed by atoms with E-state index in [0.29, 0.717) is 42.3 Å². The number of nitrogens with two attached hydrogens (primary N) is 1. The number of Topliss-reactive ketones (excluding diaryl/α,β-unsaturated/α-hetero) is 1. The molecule has 2 aromatic carbocycles. The number of hydrogen-bond acceptors (Lipinski definition) is 6. The molecule has 2 N–H and O–H groups in total. The molecule has 0 unspecified atom stereocenters. The van der Waals surface area contributed by atoms with Gasteiger partial charge in [-0.1, -0.05) is 17.7 Å². The topological polar surface area (TPSA) is 132 Å². The minimum Gasteiger partial charge on any atom is -0.618 e. The largest absolute Gasteiger partial charge is 0.618 e. The SMILES string of the molecule is COc1cc([C@@H](Cc2ccn(C(F)F)n2)n2cc(-c3ccc(C(N)=O)c(F)c3)cn2)[n+]([O-])cc1-c1cc(Cl)ccc1C(C)=O. The fourth-order valence-corrected chi connectivity index (χ4v) is 5.04. The second-order valence-corrected chi connectivity index (χ2v) is 10.2. The van der Waals surface area contributed by atoms with Crippen molar-refractivity contribution in [3.05, 3.63) is 112 Å². The zero-order valence-corrected chi connectivity index (χ0v) is 24.0. The maximum absolute atomic E-state index is 14.5. The lowest BCUT2D eigenvalue weighted by atomic mass is 9.97. The number of ether oxygens (including phenoxy) is 1. The van der Waals surface area contributed by atoms with Gasteiger partial charge in [0.25, 0.3) is 5.91 Å². The Morgan fingerprint density at radius 3 is 2.45 bits per heavy atom. The van der Waals surface area contributed by atoms with Crippen molar-refractivity contribution in [1.82, 2.24) is 19.6 Å². The molecule has 1 amide bonds. The molecule has 44 heavy (non-hydrogen) atoms. The molecule has 0 fully saturated rings. The van der Waals surface area contributed by atoms with E-state index in [1.165, 1.54) is 55.4 Å². The van der Waals surface area contributed by atoms with E-state index in [1.807, 2.05) is 0 Å². The van der Waals surface area contributed by atoms with Gasteiger partial charge >= 0.3 is 6.55 Å². The average Bonchev–Trinajstić information content (AvgIpc) is 3.66. The molecule has 0 radical (unpaired) electrons. The first-order valence-electron chi connectivity index (χ1n) is 13.0. The molecule has 5 rings (SSSR count). The first-order chi connectivity index (χ1) is 21.0. The number of carbonyl (C=O) groups is 2. The van der Waals surface area contributed by atoms with Crippen LogP contribution in [0.4, 0.5) is 13.2 Å². The minimum absolute atomic E-state index is 0.0452. The smallest absolute Gasteiger partial charge is 0.333 e. The molecular formula is C30H24ClF3N6O4. The summed E-state index contributed by atoms with van der Waals surface area (Å²) in [6, 6.07) is 10.5. The number of nitrogens with zero attached hydrogens (tertiary/aromatic N) is 5. The van der Waals surface area contributed by atoms with E-state index in [9.17, 15) is 28.0 Å². The number of hydrogen-bond donors (Lipinski definition) is 1. The summed E-state index contributed by atoms with van der Waals surface area (Å²) in [6.45, 7) is -1.48. The van der Waals surface area contributed by atoms with Crippen LogP contribution in [0.25, 0.3) is 22.3 Å². The van der Waals surface area contributed by atoms with E-state index < -0.39 is 24.3 Å². The molecule has 0 spiro atoms. The molecule has 3 heterocycles. The monoisotopic (exact) mass is 624 g/mol. The number of primary amides is 1. The Hall–Kier alpha value is -5.17. The van der Waals surface area contributed by atoms with Crippen LogP contribution in [0, 0.1) is 11.0 Å². The van der Waals surface area contributed by atoms with Gasteiger partial charge in [0.1, 0.15) is 17.6 Å². The molecule has 0 saturated heterocycles. The second kappa shape index (κ2) is 12.2. The molecule has 0 aliphatic heterocycles. The lowest BCUT2D eigenvalue weighted by molar-refractivity contribution is -0.615. The van der Waals surface area contributed by atoms with Crippen molar-refractivity contribution in [3.63, 3.8) is 0 Å². The van der Waals surface area contributed by atoms with Crippen LogP contribution in [0.1, 0.15) is 51.6 Å². The predicted molar refractivity (Wildman–Crippen MR) is 154 cm³/mol. The number of methoxy groups -OCH3 is 1. The lowest BCUT2D eigenvalue weighted by Gasteiger charge is -2.19. The van der Waals surface area contributed by atoms with Gasteiger partial charge in [-0.2, -0.15) is 23.7 Å². The van der Waals surface area contributed by atoms with E-state index >= 15 is 0 Å². The fourth-order valence-electron chi connectivity index (χ4n) is 4.87. The predicted octanol–water partition coefficient (Wildman–Crippen LogP) is 5.38. The highest BCUT2D eigenvalue weighted by Crippen LogP contribution is 2.36. The summed E-state index contributed by atoms with van der Waals surface area (Å²) in [5.74, 6) is -1.76. The maximum atomic E-state index is 14.5. The average molecular weight is 625 g/mol. The molecule has 5 aromatic rings. The van der Waals surface area contributed by atoms with E-state index in [-0.39, 0.29) is 34.9 Å². The van der Waals surface area contributed by atoms with E-state index in [4.69, 9.17) is 22.1 Å². The fraction of sp³-hybridized carbons (Fsp3) is 0.167. The van der Waals surface area contributed by atoms with Gasteiger partial charge in [-0.3, -0.25) is 14.3 Å². The molecule has 226 valence electrons. The third kappa shape index (κ3) is 5.99. The van der Waals surface area contributed by atoms with Gasteiger partial charge in [0.2, 0.25) is 5.69 Å². The van der Waals surface area contributed by atoms with Crippen molar-refractivity contribution in [3.8, 4) is 28.0 Å². The Balaban J connectivity index is 1.63. The quantitative estimate of drug-likeness (QED) is 0.126. The molecule has 0 aliphatic rings. The Kier molecular flexibility index (Phi) is 8.41. The molecule has 1 atom stereocenters. The van der Waals surface area contributed by atoms with Crippen LogP contribution in [0.3, 0.4) is 0 Å². The van der Waals surface area contributed by atoms with Crippen LogP contribution in [-0.4, -0.2) is 38.4 Å². The van der Waals surface area contributed by atoms with Gasteiger partial charge in [-0.05, 0) is 48.9 Å². The molecule has 0 aliphatic carbocycles. The summed E-state index contributed by atoms with van der Waals surface area (Å²) >= 11 is 6.21. The van der Waals surface area contributed by atoms with Crippen molar-refractivity contribution < 1.29 is 32.2 Å². The van der Waals surface area contributed by atoms with E-state index in [1.54, 1.807) is 24.4 Å². The van der Waals surface area contributed by atoms with Crippen LogP contribution >= 0.6 is 11.6 Å². The van der Waals surface area contributed by atoms with Crippen molar-refractivity contribution in [2.24, 2.45) is 5.73 Å². The zero-order chi connectivity index (χ0) is 31.7. The van der Waals surface area contributed by atoms with Crippen LogP contribution < -0.4 is 15.2 Å². The number of alkyl halides is 2. The van der Waals surface area contributed by atoms with Crippen molar-refractivity contribution >= 4 is 23.3 Å². The number of carbonyl (C=O) groups excluding carboxylic acids is 2. The third-order valence-electron chi connectivity index (χ3n) is 7.01. The number of pyridine rings is 1. The van der Waals surface area contributed by atoms with E-state index in [0.717, 1.165) is 12.3 Å². The van der Waals surface area contributed by atoms with E-state index in [2.05, 4.69) is 10.2 Å². The van der Waals surface area contributed by atoms with Crippen molar-refractivity contribution in [2.75, 3.05) is 7.11 Å². The molecule has 10 nitrogen and oxygen atoms in total. The van der Waals surface area contributed by atoms with Crippen molar-refractivity contribution in [2.45, 2.75) is 25.9 Å². The minimum atomic E-state index is -2.87. The first-order valence-corrected chi connectivity index (χ1v) is 13.4. The highest BCUT2D eigenvalue weighted by atomic mass is 35.5. The Bertz CT molecular complexity index is 1890. The third-order valence-corrected chi connectivity index (χ3v) is 7.25. The highest BCUT2D eigenvalue weighted by Gasteiger charge is 2.29. The lowest BCUT2D eigenvalue weighted by Crippen LogP contribution is -2.36. The van der Waals surface area contributed by atoms with Gasteiger partial charge in [-0.25, -0.2) is 9.07 Å². The standard InChI is InChI=1S/C30H24ClF3N6O4/c1-16(41)21-6-4-19(31)10-23(21)24-15-40(43)27(12-28(24)44-2)26(11-20-7-8-38(37-20)30(33)34)39-14-18(13-36-39)17-3-5-22(29(35)42)25(32)9-17/h3-10,12-15,26,30H,11H2,1-2H3,(H2,35,42)/t26-/m1/s1. The summed E-state index contributed by atoms with van der Waals surface area (Å²) in [5.41, 5.74) is 7.08. The van der Waals surface area contributed by atoms with Crippen molar-refractivity contribution in [1.29, 1.82) is 0 Å². The maximum Gasteiger partial charge on any atom is 0.333 e. The number of ketones is 1. The number of aromatic nitrogens is 5. The summed E-state index contributed by atoms with van der Waals surface area (Å²) < 4.78 is 49.1. The summed E-state index contributed by atoms with van der Waals surface area (Å²) in [6.07, 6.45) is 5.27. The van der Waals surface area contributed by atoms with Crippen LogP contribution in [0.5, 0.6) is 5.75 Å².